The van der Waals surface area contributed by atoms with Crippen molar-refractivity contribution < 1.29 is 13.2 Å². The lowest BCUT2D eigenvalue weighted by Crippen LogP contribution is -2.31. The number of hydrogen-bond donors (Lipinski definition) is 2. The lowest BCUT2D eigenvalue weighted by molar-refractivity contribution is 0.173. The van der Waals surface area contributed by atoms with Crippen LogP contribution in [0.15, 0.2) is 27.6 Å². The van der Waals surface area contributed by atoms with Crippen molar-refractivity contribution in [3.8, 4) is 0 Å². The van der Waals surface area contributed by atoms with Crippen LogP contribution in [-0.4, -0.2) is 28.7 Å². The number of hydrogen-bond acceptors (Lipinski definition) is 4. The monoisotopic (exact) mass is 376 g/mol. The van der Waals surface area contributed by atoms with Gasteiger partial charge in [0.25, 0.3) is 0 Å². The molecule has 3 N–H and O–H groups in total. The van der Waals surface area contributed by atoms with Crippen molar-refractivity contribution >= 4 is 26.0 Å². The van der Waals surface area contributed by atoms with Crippen LogP contribution in [0.1, 0.15) is 24.8 Å². The number of benzene rings is 1. The summed E-state index contributed by atoms with van der Waals surface area (Å²) < 4.78 is 33.3. The molecule has 0 spiro atoms. The number of halogens is 1. The Balaban J connectivity index is 2.08. The van der Waals surface area contributed by atoms with E-state index in [4.69, 9.17) is 10.5 Å². The molecule has 118 valence electrons. The molecule has 0 atom stereocenters. The maximum atomic E-state index is 12.5. The summed E-state index contributed by atoms with van der Waals surface area (Å²) in [6, 6.07) is 5.14. The maximum Gasteiger partial charge on any atom is 0.241 e. The molecule has 0 saturated heterocycles. The topological polar surface area (TPSA) is 81.4 Å². The molecule has 0 radical (unpaired) electrons. The zero-order valence-electron chi connectivity index (χ0n) is 12.1. The van der Waals surface area contributed by atoms with Crippen molar-refractivity contribution in [2.45, 2.75) is 30.7 Å². The van der Waals surface area contributed by atoms with Crippen LogP contribution in [-0.2, 0) is 21.3 Å². The number of nitrogens with two attached hydrogens (primary N) is 1. The molecule has 0 aliphatic heterocycles. The standard InChI is InChI=1S/C14H21BrN2O3S/c1-20-7-6-14(4-5-14)10-17-21(18,19)13-8-11(9-16)2-3-12(13)15/h2-3,8,17H,4-7,9-10,16H2,1H3. The fourth-order valence-electron chi connectivity index (χ4n) is 2.22. The Morgan fingerprint density at radius 3 is 2.71 bits per heavy atom. The zero-order valence-corrected chi connectivity index (χ0v) is 14.5. The van der Waals surface area contributed by atoms with Crippen LogP contribution in [0.2, 0.25) is 0 Å². The first-order chi connectivity index (χ1) is 9.92. The lowest BCUT2D eigenvalue weighted by atomic mass is 10.0. The van der Waals surface area contributed by atoms with E-state index < -0.39 is 10.0 Å². The van der Waals surface area contributed by atoms with Crippen LogP contribution in [0.3, 0.4) is 0 Å². The molecule has 1 fully saturated rings. The second kappa shape index (κ2) is 6.75. The Labute approximate surface area is 134 Å². The predicted molar refractivity (Wildman–Crippen MR) is 85.4 cm³/mol. The van der Waals surface area contributed by atoms with Gasteiger partial charge in [-0.3, -0.25) is 0 Å². The highest BCUT2D eigenvalue weighted by atomic mass is 79.9. The molecule has 7 heteroatoms. The van der Waals surface area contributed by atoms with Crippen molar-refractivity contribution in [2.24, 2.45) is 11.1 Å². The van der Waals surface area contributed by atoms with E-state index in [0.29, 0.717) is 24.2 Å². The highest BCUT2D eigenvalue weighted by Gasteiger charge is 2.42. The predicted octanol–water partition coefficient (Wildman–Crippen LogP) is 2.00. The summed E-state index contributed by atoms with van der Waals surface area (Å²) in [5, 5.41) is 0. The third kappa shape index (κ3) is 4.26. The Hall–Kier alpha value is -0.470. The molecule has 0 unspecified atom stereocenters. The quantitative estimate of drug-likeness (QED) is 0.726. The molecule has 1 aromatic rings. The number of methoxy groups -OCH3 is 1. The molecule has 0 bridgehead atoms. The average molecular weight is 377 g/mol. The van der Waals surface area contributed by atoms with Crippen molar-refractivity contribution in [1.82, 2.24) is 4.72 Å². The lowest BCUT2D eigenvalue weighted by Gasteiger charge is -2.16. The van der Waals surface area contributed by atoms with Crippen molar-refractivity contribution in [3.05, 3.63) is 28.2 Å². The van der Waals surface area contributed by atoms with Gasteiger partial charge >= 0.3 is 0 Å². The molecule has 0 aromatic heterocycles. The Bertz CT molecular complexity index is 600. The number of rotatable bonds is 8. The van der Waals surface area contributed by atoms with Crippen LogP contribution in [0.25, 0.3) is 0 Å². The molecule has 1 saturated carbocycles. The van der Waals surface area contributed by atoms with E-state index in [-0.39, 0.29) is 10.3 Å². The molecule has 5 nitrogen and oxygen atoms in total. The Kier molecular flexibility index (Phi) is 5.43. The van der Waals surface area contributed by atoms with E-state index in [0.717, 1.165) is 24.8 Å². The molecule has 1 aliphatic rings. The fourth-order valence-corrected chi connectivity index (χ4v) is 4.39. The van der Waals surface area contributed by atoms with Gasteiger partial charge in [0, 0.05) is 31.3 Å². The van der Waals surface area contributed by atoms with Crippen molar-refractivity contribution in [3.63, 3.8) is 0 Å². The molecule has 2 rings (SSSR count). The summed E-state index contributed by atoms with van der Waals surface area (Å²) in [6.45, 7) is 1.43. The summed E-state index contributed by atoms with van der Waals surface area (Å²) in [7, 11) is -1.87. The van der Waals surface area contributed by atoms with Gasteiger partial charge in [0.05, 0.1) is 4.90 Å². The van der Waals surface area contributed by atoms with Gasteiger partial charge in [-0.05, 0) is 58.3 Å². The summed E-state index contributed by atoms with van der Waals surface area (Å²) in [6.07, 6.45) is 2.97. The van der Waals surface area contributed by atoms with Gasteiger partial charge in [-0.15, -0.1) is 0 Å². The molecule has 21 heavy (non-hydrogen) atoms. The van der Waals surface area contributed by atoms with Gasteiger partial charge in [0.2, 0.25) is 10.0 Å². The normalized spacial score (nSPS) is 16.9. The first-order valence-electron chi connectivity index (χ1n) is 6.90. The third-order valence-corrected chi connectivity index (χ3v) is 6.35. The summed E-state index contributed by atoms with van der Waals surface area (Å²) in [4.78, 5) is 0.244. The molecular weight excluding hydrogens is 356 g/mol. The first kappa shape index (κ1) is 16.9. The van der Waals surface area contributed by atoms with E-state index in [9.17, 15) is 8.42 Å². The second-order valence-electron chi connectivity index (χ2n) is 5.54. The van der Waals surface area contributed by atoms with Crippen LogP contribution in [0.4, 0.5) is 0 Å². The summed E-state index contributed by atoms with van der Waals surface area (Å²) >= 11 is 3.29. The number of ether oxygens (including phenoxy) is 1. The zero-order chi connectivity index (χ0) is 15.5. The summed E-state index contributed by atoms with van der Waals surface area (Å²) in [5.74, 6) is 0. The van der Waals surface area contributed by atoms with E-state index in [2.05, 4.69) is 20.7 Å². The largest absolute Gasteiger partial charge is 0.385 e. The van der Waals surface area contributed by atoms with Crippen LogP contribution >= 0.6 is 15.9 Å². The number of nitrogens with one attached hydrogen (secondary N) is 1. The van der Waals surface area contributed by atoms with Crippen LogP contribution < -0.4 is 10.5 Å². The van der Waals surface area contributed by atoms with Gasteiger partial charge in [-0.1, -0.05) is 6.07 Å². The van der Waals surface area contributed by atoms with Crippen LogP contribution in [0, 0.1) is 5.41 Å². The van der Waals surface area contributed by atoms with E-state index >= 15 is 0 Å². The Morgan fingerprint density at radius 1 is 1.43 bits per heavy atom. The fraction of sp³-hybridized carbons (Fsp3) is 0.571. The van der Waals surface area contributed by atoms with Gasteiger partial charge in [0.1, 0.15) is 0 Å². The van der Waals surface area contributed by atoms with Gasteiger partial charge in [0.15, 0.2) is 0 Å². The minimum atomic E-state index is -3.54. The van der Waals surface area contributed by atoms with Crippen LogP contribution in [0.5, 0.6) is 0 Å². The molecular formula is C14H21BrN2O3S. The van der Waals surface area contributed by atoms with E-state index in [1.54, 1.807) is 19.2 Å². The average Bonchev–Trinajstić information content (AvgIpc) is 3.24. The highest BCUT2D eigenvalue weighted by molar-refractivity contribution is 9.10. The van der Waals surface area contributed by atoms with Crippen molar-refractivity contribution in [1.29, 1.82) is 0 Å². The van der Waals surface area contributed by atoms with E-state index in [1.807, 2.05) is 6.07 Å². The van der Waals surface area contributed by atoms with Gasteiger partial charge < -0.3 is 10.5 Å². The second-order valence-corrected chi connectivity index (χ2v) is 8.13. The first-order valence-corrected chi connectivity index (χ1v) is 9.17. The third-order valence-electron chi connectivity index (χ3n) is 3.95. The Morgan fingerprint density at radius 2 is 2.14 bits per heavy atom. The molecule has 0 heterocycles. The van der Waals surface area contributed by atoms with Gasteiger partial charge in [-0.25, -0.2) is 13.1 Å². The summed E-state index contributed by atoms with van der Waals surface area (Å²) in [5.41, 5.74) is 6.44. The SMILES string of the molecule is COCCC1(CNS(=O)(=O)c2cc(CN)ccc2Br)CC1. The van der Waals surface area contributed by atoms with Crippen molar-refractivity contribution in [2.75, 3.05) is 20.3 Å². The molecule has 1 aliphatic carbocycles. The molecule has 0 amide bonds. The minimum Gasteiger partial charge on any atom is -0.385 e. The smallest absolute Gasteiger partial charge is 0.241 e. The number of sulfonamides is 1. The van der Waals surface area contributed by atoms with E-state index in [1.165, 1.54) is 0 Å². The molecule has 1 aromatic carbocycles. The highest BCUT2D eigenvalue weighted by Crippen LogP contribution is 2.48. The minimum absolute atomic E-state index is 0.0705. The maximum absolute atomic E-state index is 12.5. The van der Waals surface area contributed by atoms with Gasteiger partial charge in [-0.2, -0.15) is 0 Å².